The number of aliphatic hydroxyl groups excluding tert-OH is 1. The van der Waals surface area contributed by atoms with Gasteiger partial charge in [0.1, 0.15) is 17.6 Å². The normalized spacial score (nSPS) is 31.6. The van der Waals surface area contributed by atoms with Crippen LogP contribution in [-0.4, -0.2) is 70.8 Å². The SMILES string of the molecule is C=CCCOC(=O)[C@@H]1[C@H]2C(=O)N([C@@H](CC)CO)C(C(=O)N(CC=C)c3c(C)cccc3Cl)C23CC(C)[C@@]1(C)O3. The molecule has 39 heavy (non-hydrogen) atoms. The van der Waals surface area contributed by atoms with Gasteiger partial charge in [-0.3, -0.25) is 14.4 Å². The first kappa shape index (κ1) is 29.3. The molecule has 9 heteroatoms. The highest BCUT2D eigenvalue weighted by Crippen LogP contribution is 2.65. The summed E-state index contributed by atoms with van der Waals surface area (Å²) in [4.78, 5) is 45.5. The molecule has 0 aromatic heterocycles. The summed E-state index contributed by atoms with van der Waals surface area (Å²) in [5.74, 6) is -3.19. The Kier molecular flexibility index (Phi) is 8.31. The molecule has 212 valence electrons. The number of benzene rings is 1. The monoisotopic (exact) mass is 558 g/mol. The van der Waals surface area contributed by atoms with Crippen molar-refractivity contribution in [1.82, 2.24) is 4.90 Å². The number of ether oxygens (including phenoxy) is 2. The maximum absolute atomic E-state index is 14.7. The van der Waals surface area contributed by atoms with Crippen molar-refractivity contribution >= 4 is 35.1 Å². The summed E-state index contributed by atoms with van der Waals surface area (Å²) >= 11 is 6.60. The van der Waals surface area contributed by atoms with Crippen molar-refractivity contribution in [2.75, 3.05) is 24.7 Å². The van der Waals surface area contributed by atoms with E-state index in [2.05, 4.69) is 13.2 Å². The van der Waals surface area contributed by atoms with E-state index in [1.807, 2.05) is 39.8 Å². The van der Waals surface area contributed by atoms with E-state index in [0.29, 0.717) is 30.0 Å². The number of amides is 2. The van der Waals surface area contributed by atoms with E-state index in [1.165, 1.54) is 9.80 Å². The quantitative estimate of drug-likeness (QED) is 0.250. The van der Waals surface area contributed by atoms with Gasteiger partial charge in [0.05, 0.1) is 41.5 Å². The zero-order valence-electron chi connectivity index (χ0n) is 23.2. The zero-order valence-corrected chi connectivity index (χ0v) is 23.9. The summed E-state index contributed by atoms with van der Waals surface area (Å²) in [5, 5.41) is 10.7. The van der Waals surface area contributed by atoms with Gasteiger partial charge < -0.3 is 24.4 Å². The van der Waals surface area contributed by atoms with Crippen LogP contribution in [0.25, 0.3) is 0 Å². The fourth-order valence-electron chi connectivity index (χ4n) is 6.99. The third kappa shape index (κ3) is 4.41. The average molecular weight is 559 g/mol. The Morgan fingerprint density at radius 2 is 2.08 bits per heavy atom. The van der Waals surface area contributed by atoms with E-state index in [0.717, 1.165) is 5.56 Å². The molecule has 0 aliphatic carbocycles. The number of hydrogen-bond donors (Lipinski definition) is 1. The molecule has 1 aromatic rings. The molecule has 3 aliphatic heterocycles. The van der Waals surface area contributed by atoms with Crippen LogP contribution in [-0.2, 0) is 23.9 Å². The summed E-state index contributed by atoms with van der Waals surface area (Å²) in [5.41, 5.74) is -0.930. The fraction of sp³-hybridized carbons (Fsp3) is 0.567. The molecule has 4 rings (SSSR count). The van der Waals surface area contributed by atoms with Crippen molar-refractivity contribution in [1.29, 1.82) is 0 Å². The summed E-state index contributed by atoms with van der Waals surface area (Å²) < 4.78 is 12.3. The van der Waals surface area contributed by atoms with Gasteiger partial charge in [0.15, 0.2) is 0 Å². The van der Waals surface area contributed by atoms with Crippen LogP contribution in [0.4, 0.5) is 5.69 Å². The van der Waals surface area contributed by atoms with Crippen LogP contribution in [0.1, 0.15) is 45.6 Å². The highest BCUT2D eigenvalue weighted by molar-refractivity contribution is 6.34. The van der Waals surface area contributed by atoms with Crippen LogP contribution in [0.5, 0.6) is 0 Å². The highest BCUT2D eigenvalue weighted by Gasteiger charge is 2.80. The standard InChI is InChI=1S/C30H39ClN2O6/c1-7-10-15-38-28(37)23-22-26(35)33(20(9-3)17-34)25(30(22)16-19(5)29(23,6)39-30)27(36)32(14-8-2)24-18(4)12-11-13-21(24)31/h7-8,11-13,19-20,22-23,25,34H,1-2,9-10,14-17H2,3-6H3/t19?,20-,22-,23-,25?,29+,30?/m0/s1. The highest BCUT2D eigenvalue weighted by atomic mass is 35.5. The molecule has 3 heterocycles. The maximum Gasteiger partial charge on any atom is 0.312 e. The summed E-state index contributed by atoms with van der Waals surface area (Å²) in [6, 6.07) is 3.68. The van der Waals surface area contributed by atoms with E-state index in [-0.39, 0.29) is 37.5 Å². The third-order valence-electron chi connectivity index (χ3n) is 8.92. The molecule has 1 aromatic carbocycles. The van der Waals surface area contributed by atoms with Crippen molar-refractivity contribution in [2.45, 2.75) is 70.2 Å². The number of esters is 1. The smallest absolute Gasteiger partial charge is 0.312 e. The minimum atomic E-state index is -1.26. The van der Waals surface area contributed by atoms with E-state index in [4.69, 9.17) is 21.1 Å². The summed E-state index contributed by atoms with van der Waals surface area (Å²) in [7, 11) is 0. The second kappa shape index (κ2) is 11.1. The lowest BCUT2D eigenvalue weighted by Gasteiger charge is -2.39. The Labute approximate surface area is 235 Å². The first-order chi connectivity index (χ1) is 18.5. The van der Waals surface area contributed by atoms with Gasteiger partial charge in [0.2, 0.25) is 5.91 Å². The van der Waals surface area contributed by atoms with Crippen molar-refractivity contribution in [2.24, 2.45) is 17.8 Å². The molecule has 0 radical (unpaired) electrons. The van der Waals surface area contributed by atoms with Crippen molar-refractivity contribution < 1.29 is 29.0 Å². The van der Waals surface area contributed by atoms with Gasteiger partial charge in [-0.2, -0.15) is 0 Å². The Morgan fingerprint density at radius 1 is 1.36 bits per heavy atom. The first-order valence-corrected chi connectivity index (χ1v) is 14.0. The van der Waals surface area contributed by atoms with Gasteiger partial charge >= 0.3 is 5.97 Å². The number of nitrogens with zero attached hydrogens (tertiary/aromatic N) is 2. The van der Waals surface area contributed by atoms with Gasteiger partial charge in [-0.15, -0.1) is 13.2 Å². The maximum atomic E-state index is 14.7. The molecule has 7 atom stereocenters. The second-order valence-corrected chi connectivity index (χ2v) is 11.5. The van der Waals surface area contributed by atoms with Crippen LogP contribution in [0.3, 0.4) is 0 Å². The second-order valence-electron chi connectivity index (χ2n) is 11.1. The summed E-state index contributed by atoms with van der Waals surface area (Å²) in [6.45, 7) is 15.0. The van der Waals surface area contributed by atoms with Crippen LogP contribution in [0.2, 0.25) is 5.02 Å². The van der Waals surface area contributed by atoms with Gasteiger partial charge in [0.25, 0.3) is 5.91 Å². The number of aliphatic hydroxyl groups is 1. The number of halogens is 1. The lowest BCUT2D eigenvalue weighted by Crippen LogP contribution is -2.59. The Hall–Kier alpha value is -2.68. The number of aryl methyl sites for hydroxylation is 1. The molecule has 2 amide bonds. The number of para-hydroxylation sites is 1. The van der Waals surface area contributed by atoms with Crippen molar-refractivity contribution in [3.8, 4) is 0 Å². The Balaban J connectivity index is 1.87. The largest absolute Gasteiger partial charge is 0.465 e. The zero-order chi connectivity index (χ0) is 28.7. The molecule has 0 saturated carbocycles. The number of fused-ring (bicyclic) bond motifs is 1. The van der Waals surface area contributed by atoms with Crippen molar-refractivity contribution in [3.05, 3.63) is 54.1 Å². The minimum absolute atomic E-state index is 0.127. The predicted molar refractivity (Wildman–Crippen MR) is 149 cm³/mol. The molecular weight excluding hydrogens is 520 g/mol. The van der Waals surface area contributed by atoms with Crippen LogP contribution in [0.15, 0.2) is 43.5 Å². The molecule has 3 unspecified atom stereocenters. The summed E-state index contributed by atoms with van der Waals surface area (Å²) in [6.07, 6.45) is 4.58. The fourth-order valence-corrected chi connectivity index (χ4v) is 7.31. The number of rotatable bonds is 11. The van der Waals surface area contributed by atoms with Gasteiger partial charge in [-0.25, -0.2) is 0 Å². The molecule has 2 bridgehead atoms. The van der Waals surface area contributed by atoms with Gasteiger partial charge in [0, 0.05) is 6.54 Å². The molecule has 3 fully saturated rings. The lowest BCUT2D eigenvalue weighted by atomic mass is 9.62. The van der Waals surface area contributed by atoms with E-state index >= 15 is 0 Å². The van der Waals surface area contributed by atoms with Crippen molar-refractivity contribution in [3.63, 3.8) is 0 Å². The number of anilines is 1. The van der Waals surface area contributed by atoms with E-state index < -0.39 is 41.1 Å². The van der Waals surface area contributed by atoms with E-state index in [9.17, 15) is 19.5 Å². The Bertz CT molecular complexity index is 1150. The molecule has 1 spiro atoms. The van der Waals surface area contributed by atoms with Gasteiger partial charge in [-0.1, -0.05) is 49.7 Å². The molecule has 3 aliphatic rings. The lowest BCUT2D eigenvalue weighted by molar-refractivity contribution is -0.162. The van der Waals surface area contributed by atoms with Gasteiger partial charge in [-0.05, 0) is 50.7 Å². The number of hydrogen-bond acceptors (Lipinski definition) is 6. The van der Waals surface area contributed by atoms with Crippen LogP contribution < -0.4 is 4.90 Å². The number of likely N-dealkylation sites (tertiary alicyclic amines) is 1. The van der Waals surface area contributed by atoms with Crippen LogP contribution >= 0.6 is 11.6 Å². The average Bonchev–Trinajstić information content (AvgIpc) is 3.41. The minimum Gasteiger partial charge on any atom is -0.465 e. The van der Waals surface area contributed by atoms with Crippen LogP contribution in [0, 0.1) is 24.7 Å². The predicted octanol–water partition coefficient (Wildman–Crippen LogP) is 4.07. The Morgan fingerprint density at radius 3 is 2.67 bits per heavy atom. The third-order valence-corrected chi connectivity index (χ3v) is 9.22. The molecule has 1 N–H and O–H groups in total. The number of carbonyl (C=O) groups is 3. The molecule has 8 nitrogen and oxygen atoms in total. The number of carbonyl (C=O) groups excluding carboxylic acids is 3. The topological polar surface area (TPSA) is 96.4 Å². The molecular formula is C30H39ClN2O6. The molecule has 3 saturated heterocycles. The van der Waals surface area contributed by atoms with E-state index in [1.54, 1.807) is 18.2 Å². The first-order valence-electron chi connectivity index (χ1n) is 13.6.